The summed E-state index contributed by atoms with van der Waals surface area (Å²) in [7, 11) is 2.05. The average molecular weight is 279 g/mol. The number of hydrogen-bond donors (Lipinski definition) is 1. The second-order valence-electron chi connectivity index (χ2n) is 5.50. The van der Waals surface area contributed by atoms with E-state index in [0.717, 1.165) is 34.6 Å². The first-order chi connectivity index (χ1) is 10.3. The lowest BCUT2D eigenvalue weighted by atomic mass is 10.1. The highest BCUT2D eigenvalue weighted by Crippen LogP contribution is 2.28. The van der Waals surface area contributed by atoms with E-state index in [1.165, 1.54) is 11.1 Å². The van der Waals surface area contributed by atoms with Gasteiger partial charge in [0.15, 0.2) is 0 Å². The first kappa shape index (κ1) is 12.6. The highest BCUT2D eigenvalue weighted by Gasteiger charge is 2.15. The minimum absolute atomic E-state index is 0.548. The Hall–Kier alpha value is -2.17. The topological polar surface area (TPSA) is 53.1 Å². The van der Waals surface area contributed by atoms with Crippen molar-refractivity contribution in [3.63, 3.8) is 0 Å². The van der Waals surface area contributed by atoms with Gasteiger partial charge in [0, 0.05) is 19.2 Å². The van der Waals surface area contributed by atoms with Crippen LogP contribution in [0.15, 0.2) is 36.4 Å². The van der Waals surface area contributed by atoms with Crippen molar-refractivity contribution in [1.29, 1.82) is 0 Å². The lowest BCUT2D eigenvalue weighted by molar-refractivity contribution is 0.134. The molecule has 2 heterocycles. The predicted octanol–water partition coefficient (Wildman–Crippen LogP) is 2.73. The van der Waals surface area contributed by atoms with Gasteiger partial charge in [-0.25, -0.2) is 4.98 Å². The number of ether oxygens (including phenoxy) is 1. The van der Waals surface area contributed by atoms with Crippen LogP contribution >= 0.6 is 0 Å². The van der Waals surface area contributed by atoms with E-state index in [2.05, 4.69) is 35.9 Å². The number of benzene rings is 2. The molecule has 2 N–H and O–H groups in total. The largest absolute Gasteiger partial charge is 0.372 e. The van der Waals surface area contributed by atoms with Crippen LogP contribution in [0, 0.1) is 0 Å². The minimum atomic E-state index is 0.548. The number of nitrogens with zero attached hydrogens (tertiary/aromatic N) is 2. The Bertz CT molecular complexity index is 835. The fraction of sp³-hybridized carbons (Fsp3) is 0.235. The molecule has 2 aromatic carbocycles. The van der Waals surface area contributed by atoms with Crippen LogP contribution in [0.3, 0.4) is 0 Å². The third-order valence-electron chi connectivity index (χ3n) is 4.16. The van der Waals surface area contributed by atoms with Crippen molar-refractivity contribution in [2.24, 2.45) is 12.8 Å². The first-order valence-corrected chi connectivity index (χ1v) is 7.11. The van der Waals surface area contributed by atoms with Gasteiger partial charge < -0.3 is 15.0 Å². The standard InChI is InChI=1S/C17H17N3O/c1-20-16-6-11(8-18)2-5-15(16)19-17(20)12-3-4-13-9-21-10-14(13)7-12/h2-7H,8-10,18H2,1H3. The summed E-state index contributed by atoms with van der Waals surface area (Å²) in [5.74, 6) is 0.980. The second kappa shape index (κ2) is 4.69. The van der Waals surface area contributed by atoms with E-state index < -0.39 is 0 Å². The molecule has 0 unspecified atom stereocenters. The molecule has 0 saturated carbocycles. The number of nitrogens with two attached hydrogens (primary N) is 1. The van der Waals surface area contributed by atoms with Crippen molar-refractivity contribution >= 4 is 11.0 Å². The van der Waals surface area contributed by atoms with Crippen LogP contribution < -0.4 is 5.73 Å². The van der Waals surface area contributed by atoms with E-state index in [1.807, 2.05) is 12.1 Å². The van der Waals surface area contributed by atoms with Crippen LogP contribution in [0.5, 0.6) is 0 Å². The highest BCUT2D eigenvalue weighted by atomic mass is 16.5. The van der Waals surface area contributed by atoms with Crippen LogP contribution in [-0.4, -0.2) is 9.55 Å². The third-order valence-corrected chi connectivity index (χ3v) is 4.16. The molecular weight excluding hydrogens is 262 g/mol. The molecule has 0 aliphatic carbocycles. The number of hydrogen-bond acceptors (Lipinski definition) is 3. The molecule has 0 atom stereocenters. The van der Waals surface area contributed by atoms with Crippen molar-refractivity contribution in [3.8, 4) is 11.4 Å². The lowest BCUT2D eigenvalue weighted by Crippen LogP contribution is -1.97. The fourth-order valence-corrected chi connectivity index (χ4v) is 2.93. The van der Waals surface area contributed by atoms with Gasteiger partial charge in [0.2, 0.25) is 0 Å². The lowest BCUT2D eigenvalue weighted by Gasteiger charge is -2.05. The molecule has 0 fully saturated rings. The molecule has 1 aliphatic rings. The molecule has 1 aromatic heterocycles. The predicted molar refractivity (Wildman–Crippen MR) is 82.5 cm³/mol. The van der Waals surface area contributed by atoms with Gasteiger partial charge in [-0.2, -0.15) is 0 Å². The highest BCUT2D eigenvalue weighted by molar-refractivity contribution is 5.81. The summed E-state index contributed by atoms with van der Waals surface area (Å²) < 4.78 is 7.62. The average Bonchev–Trinajstić information content (AvgIpc) is 3.11. The maximum absolute atomic E-state index is 5.73. The molecule has 0 bridgehead atoms. The number of fused-ring (bicyclic) bond motifs is 2. The summed E-state index contributed by atoms with van der Waals surface area (Å²) in [6, 6.07) is 12.6. The van der Waals surface area contributed by atoms with Gasteiger partial charge in [0.25, 0.3) is 0 Å². The van der Waals surface area contributed by atoms with Crippen LogP contribution in [0.1, 0.15) is 16.7 Å². The van der Waals surface area contributed by atoms with E-state index in [0.29, 0.717) is 13.2 Å². The summed E-state index contributed by atoms with van der Waals surface area (Å²) in [4.78, 5) is 4.76. The summed E-state index contributed by atoms with van der Waals surface area (Å²) in [6.45, 7) is 1.97. The molecule has 4 nitrogen and oxygen atoms in total. The number of aryl methyl sites for hydroxylation is 1. The van der Waals surface area contributed by atoms with Crippen LogP contribution in [0.25, 0.3) is 22.4 Å². The normalized spacial score (nSPS) is 13.8. The summed E-state index contributed by atoms with van der Waals surface area (Å²) in [5.41, 5.74) is 12.6. The van der Waals surface area contributed by atoms with Crippen molar-refractivity contribution in [1.82, 2.24) is 9.55 Å². The van der Waals surface area contributed by atoms with Crippen molar-refractivity contribution in [3.05, 3.63) is 53.1 Å². The summed E-state index contributed by atoms with van der Waals surface area (Å²) >= 11 is 0. The van der Waals surface area contributed by atoms with Crippen molar-refractivity contribution < 1.29 is 4.74 Å². The quantitative estimate of drug-likeness (QED) is 0.784. The minimum Gasteiger partial charge on any atom is -0.372 e. The monoisotopic (exact) mass is 279 g/mol. The third kappa shape index (κ3) is 1.95. The second-order valence-corrected chi connectivity index (χ2v) is 5.50. The SMILES string of the molecule is Cn1c(-c2ccc3c(c2)COC3)nc2ccc(CN)cc21. The van der Waals surface area contributed by atoms with Gasteiger partial charge in [-0.1, -0.05) is 18.2 Å². The zero-order valence-electron chi connectivity index (χ0n) is 12.0. The Balaban J connectivity index is 1.88. The Kier molecular flexibility index (Phi) is 2.80. The molecule has 0 saturated heterocycles. The first-order valence-electron chi connectivity index (χ1n) is 7.11. The van der Waals surface area contributed by atoms with Crippen LogP contribution in [-0.2, 0) is 31.5 Å². The maximum Gasteiger partial charge on any atom is 0.140 e. The maximum atomic E-state index is 5.73. The molecular formula is C17H17N3O. The summed E-state index contributed by atoms with van der Waals surface area (Å²) in [5, 5.41) is 0. The zero-order chi connectivity index (χ0) is 14.4. The van der Waals surface area contributed by atoms with Crippen LogP contribution in [0.4, 0.5) is 0 Å². The molecule has 1 aliphatic heterocycles. The number of rotatable bonds is 2. The number of imidazole rings is 1. The molecule has 0 spiro atoms. The summed E-state index contributed by atoms with van der Waals surface area (Å²) in [6.07, 6.45) is 0. The van der Waals surface area contributed by atoms with E-state index >= 15 is 0 Å². The van der Waals surface area contributed by atoms with Crippen LogP contribution in [0.2, 0.25) is 0 Å². The Labute approximate surface area is 123 Å². The van der Waals surface area contributed by atoms with E-state index in [9.17, 15) is 0 Å². The molecule has 106 valence electrons. The molecule has 4 heteroatoms. The smallest absolute Gasteiger partial charge is 0.140 e. The van der Waals surface area contributed by atoms with Gasteiger partial charge in [-0.3, -0.25) is 0 Å². The molecule has 3 aromatic rings. The number of aromatic nitrogens is 2. The Morgan fingerprint density at radius 1 is 1.14 bits per heavy atom. The fourth-order valence-electron chi connectivity index (χ4n) is 2.93. The Morgan fingerprint density at radius 3 is 2.86 bits per heavy atom. The van der Waals surface area contributed by atoms with Gasteiger partial charge in [0.05, 0.1) is 24.2 Å². The van der Waals surface area contributed by atoms with Gasteiger partial charge in [-0.05, 0) is 34.9 Å². The zero-order valence-corrected chi connectivity index (χ0v) is 12.0. The van der Waals surface area contributed by atoms with E-state index in [1.54, 1.807) is 0 Å². The van der Waals surface area contributed by atoms with E-state index in [-0.39, 0.29) is 0 Å². The van der Waals surface area contributed by atoms with E-state index in [4.69, 9.17) is 15.5 Å². The molecule has 0 amide bonds. The molecule has 0 radical (unpaired) electrons. The van der Waals surface area contributed by atoms with Gasteiger partial charge in [-0.15, -0.1) is 0 Å². The Morgan fingerprint density at radius 2 is 2.00 bits per heavy atom. The van der Waals surface area contributed by atoms with Crippen molar-refractivity contribution in [2.75, 3.05) is 0 Å². The molecule has 21 heavy (non-hydrogen) atoms. The molecule has 4 rings (SSSR count). The van der Waals surface area contributed by atoms with Gasteiger partial charge in [0.1, 0.15) is 5.82 Å². The van der Waals surface area contributed by atoms with Crippen molar-refractivity contribution in [2.45, 2.75) is 19.8 Å². The van der Waals surface area contributed by atoms with Gasteiger partial charge >= 0.3 is 0 Å².